The van der Waals surface area contributed by atoms with Crippen molar-refractivity contribution in [2.45, 2.75) is 25.3 Å². The quantitative estimate of drug-likeness (QED) is 0.786. The third-order valence-electron chi connectivity index (χ3n) is 2.96. The van der Waals surface area contributed by atoms with E-state index in [4.69, 9.17) is 0 Å². The van der Waals surface area contributed by atoms with Gasteiger partial charge < -0.3 is 16.0 Å². The number of anilines is 1. The lowest BCUT2D eigenvalue weighted by Crippen LogP contribution is -2.42. The number of halogens is 1. The van der Waals surface area contributed by atoms with Gasteiger partial charge in [0.1, 0.15) is 0 Å². The minimum Gasteiger partial charge on any atom is -0.334 e. The van der Waals surface area contributed by atoms with E-state index in [2.05, 4.69) is 31.9 Å². The van der Waals surface area contributed by atoms with E-state index in [1.807, 2.05) is 24.3 Å². The zero-order valence-electron chi connectivity index (χ0n) is 10.2. The molecule has 1 heterocycles. The molecule has 1 aromatic rings. The molecule has 1 aliphatic rings. The van der Waals surface area contributed by atoms with Crippen LogP contribution in [0.15, 0.2) is 28.7 Å². The summed E-state index contributed by atoms with van der Waals surface area (Å²) in [5.41, 5.74) is 0.795. The summed E-state index contributed by atoms with van der Waals surface area (Å²) in [6.45, 7) is 1.90. The zero-order chi connectivity index (χ0) is 12.8. The van der Waals surface area contributed by atoms with Crippen LogP contribution >= 0.6 is 15.9 Å². The predicted octanol–water partition coefficient (Wildman–Crippen LogP) is 2.71. The first-order chi connectivity index (χ1) is 8.74. The molecule has 1 unspecified atom stereocenters. The van der Waals surface area contributed by atoms with E-state index >= 15 is 0 Å². The summed E-state index contributed by atoms with van der Waals surface area (Å²) < 4.78 is 0.955. The zero-order valence-corrected chi connectivity index (χ0v) is 11.8. The number of nitrogens with one attached hydrogen (secondary N) is 3. The highest BCUT2D eigenvalue weighted by Gasteiger charge is 2.14. The van der Waals surface area contributed by atoms with Gasteiger partial charge in [0.15, 0.2) is 0 Å². The topological polar surface area (TPSA) is 53.2 Å². The van der Waals surface area contributed by atoms with Gasteiger partial charge in [0.2, 0.25) is 0 Å². The predicted molar refractivity (Wildman–Crippen MR) is 76.8 cm³/mol. The van der Waals surface area contributed by atoms with Crippen molar-refractivity contribution in [3.8, 4) is 0 Å². The molecule has 0 aliphatic carbocycles. The van der Waals surface area contributed by atoms with Gasteiger partial charge in [0.25, 0.3) is 0 Å². The summed E-state index contributed by atoms with van der Waals surface area (Å²) in [6, 6.07) is 7.66. The highest BCUT2D eigenvalue weighted by atomic mass is 79.9. The summed E-state index contributed by atoms with van der Waals surface area (Å²) in [7, 11) is 0. The van der Waals surface area contributed by atoms with Crippen LogP contribution in [0.5, 0.6) is 0 Å². The van der Waals surface area contributed by atoms with E-state index in [-0.39, 0.29) is 12.1 Å². The standard InChI is InChI=1S/C13H18BrN3O/c14-10-4-3-6-11(8-10)16-13(18)17-12-5-1-2-7-15-9-12/h3-4,6,8,12,15H,1-2,5,7,9H2,(H2,16,17,18). The van der Waals surface area contributed by atoms with Crippen LogP contribution in [0.1, 0.15) is 19.3 Å². The molecule has 1 atom stereocenters. The molecule has 18 heavy (non-hydrogen) atoms. The molecule has 0 radical (unpaired) electrons. The molecule has 0 saturated carbocycles. The molecule has 98 valence electrons. The lowest BCUT2D eigenvalue weighted by Gasteiger charge is -2.16. The number of rotatable bonds is 2. The number of carbonyl (C=O) groups excluding carboxylic acids is 1. The summed E-state index contributed by atoms with van der Waals surface area (Å²) in [5.74, 6) is 0. The van der Waals surface area contributed by atoms with Crippen LogP contribution in [-0.4, -0.2) is 25.2 Å². The molecule has 5 heteroatoms. The molecule has 0 spiro atoms. The smallest absolute Gasteiger partial charge is 0.319 e. The van der Waals surface area contributed by atoms with Crippen LogP contribution in [0.2, 0.25) is 0 Å². The van der Waals surface area contributed by atoms with Crippen LogP contribution in [0.3, 0.4) is 0 Å². The van der Waals surface area contributed by atoms with Gasteiger partial charge >= 0.3 is 6.03 Å². The van der Waals surface area contributed by atoms with Crippen molar-refractivity contribution in [1.82, 2.24) is 10.6 Å². The first-order valence-electron chi connectivity index (χ1n) is 6.28. The monoisotopic (exact) mass is 311 g/mol. The molecule has 3 N–H and O–H groups in total. The number of amides is 2. The third kappa shape index (κ3) is 4.31. The van der Waals surface area contributed by atoms with Crippen LogP contribution in [0, 0.1) is 0 Å². The highest BCUT2D eigenvalue weighted by Crippen LogP contribution is 2.15. The maximum absolute atomic E-state index is 11.8. The first kappa shape index (κ1) is 13.4. The van der Waals surface area contributed by atoms with Crippen molar-refractivity contribution in [3.63, 3.8) is 0 Å². The van der Waals surface area contributed by atoms with E-state index in [1.54, 1.807) is 0 Å². The Morgan fingerprint density at radius 3 is 3.11 bits per heavy atom. The normalized spacial score (nSPS) is 19.9. The van der Waals surface area contributed by atoms with Gasteiger partial charge in [-0.15, -0.1) is 0 Å². The molecule has 2 rings (SSSR count). The third-order valence-corrected chi connectivity index (χ3v) is 3.46. The van der Waals surface area contributed by atoms with Crippen molar-refractivity contribution in [3.05, 3.63) is 28.7 Å². The number of hydrogen-bond acceptors (Lipinski definition) is 2. The Morgan fingerprint density at radius 1 is 1.39 bits per heavy atom. The van der Waals surface area contributed by atoms with E-state index in [0.29, 0.717) is 0 Å². The fraction of sp³-hybridized carbons (Fsp3) is 0.462. The molecular formula is C13H18BrN3O. The summed E-state index contributed by atoms with van der Waals surface area (Å²) >= 11 is 3.38. The summed E-state index contributed by atoms with van der Waals surface area (Å²) in [6.07, 6.45) is 3.39. The Kier molecular flexibility index (Phi) is 5.01. The fourth-order valence-corrected chi connectivity index (χ4v) is 2.46. The van der Waals surface area contributed by atoms with E-state index in [1.165, 1.54) is 6.42 Å². The van der Waals surface area contributed by atoms with Crippen molar-refractivity contribution < 1.29 is 4.79 Å². The van der Waals surface area contributed by atoms with Gasteiger partial charge in [0, 0.05) is 22.7 Å². The van der Waals surface area contributed by atoms with Gasteiger partial charge in [-0.3, -0.25) is 0 Å². The number of urea groups is 1. The van der Waals surface area contributed by atoms with Gasteiger partial charge in [-0.05, 0) is 37.6 Å². The van der Waals surface area contributed by atoms with E-state index in [0.717, 1.165) is 36.1 Å². The van der Waals surface area contributed by atoms with Gasteiger partial charge in [-0.1, -0.05) is 28.4 Å². The molecule has 0 aromatic heterocycles. The Morgan fingerprint density at radius 2 is 2.28 bits per heavy atom. The Bertz CT molecular complexity index is 403. The maximum Gasteiger partial charge on any atom is 0.319 e. The second-order valence-electron chi connectivity index (χ2n) is 4.51. The van der Waals surface area contributed by atoms with Gasteiger partial charge in [0.05, 0.1) is 0 Å². The van der Waals surface area contributed by atoms with Crippen LogP contribution in [-0.2, 0) is 0 Å². The molecule has 1 saturated heterocycles. The maximum atomic E-state index is 11.8. The lowest BCUT2D eigenvalue weighted by molar-refractivity contribution is 0.247. The SMILES string of the molecule is O=C(Nc1cccc(Br)c1)NC1CCCCNC1. The highest BCUT2D eigenvalue weighted by molar-refractivity contribution is 9.10. The fourth-order valence-electron chi connectivity index (χ4n) is 2.06. The average Bonchev–Trinajstić information content (AvgIpc) is 2.57. The first-order valence-corrected chi connectivity index (χ1v) is 7.07. The summed E-state index contributed by atoms with van der Waals surface area (Å²) in [5, 5.41) is 9.17. The van der Waals surface area contributed by atoms with Crippen LogP contribution < -0.4 is 16.0 Å². The lowest BCUT2D eigenvalue weighted by atomic mass is 10.1. The van der Waals surface area contributed by atoms with Crippen molar-refractivity contribution >= 4 is 27.6 Å². The van der Waals surface area contributed by atoms with Gasteiger partial charge in [-0.25, -0.2) is 4.79 Å². The van der Waals surface area contributed by atoms with Crippen LogP contribution in [0.25, 0.3) is 0 Å². The number of benzene rings is 1. The Hall–Kier alpha value is -1.07. The molecule has 1 aliphatic heterocycles. The number of hydrogen-bond donors (Lipinski definition) is 3. The second-order valence-corrected chi connectivity index (χ2v) is 5.42. The molecule has 0 bridgehead atoms. The van der Waals surface area contributed by atoms with Crippen LogP contribution in [0.4, 0.5) is 10.5 Å². The summed E-state index contributed by atoms with van der Waals surface area (Å²) in [4.78, 5) is 11.8. The van der Waals surface area contributed by atoms with E-state index in [9.17, 15) is 4.79 Å². The van der Waals surface area contributed by atoms with Crippen molar-refractivity contribution in [2.24, 2.45) is 0 Å². The molecular weight excluding hydrogens is 294 g/mol. The Labute approximate surface area is 116 Å². The largest absolute Gasteiger partial charge is 0.334 e. The Balaban J connectivity index is 1.84. The number of carbonyl (C=O) groups is 1. The second kappa shape index (κ2) is 6.75. The van der Waals surface area contributed by atoms with Crippen molar-refractivity contribution in [2.75, 3.05) is 18.4 Å². The average molecular weight is 312 g/mol. The van der Waals surface area contributed by atoms with Gasteiger partial charge in [-0.2, -0.15) is 0 Å². The minimum absolute atomic E-state index is 0.137. The minimum atomic E-state index is -0.137. The molecule has 2 amide bonds. The molecule has 4 nitrogen and oxygen atoms in total. The molecule has 1 aromatic carbocycles. The van der Waals surface area contributed by atoms with Crippen molar-refractivity contribution in [1.29, 1.82) is 0 Å². The van der Waals surface area contributed by atoms with E-state index < -0.39 is 0 Å². The molecule has 1 fully saturated rings.